The average Bonchev–Trinajstić information content (AvgIpc) is 2.75. The van der Waals surface area contributed by atoms with E-state index in [9.17, 15) is 4.79 Å². The third-order valence-corrected chi connectivity index (χ3v) is 4.33. The van der Waals surface area contributed by atoms with Gasteiger partial charge in [-0.2, -0.15) is 0 Å². The van der Waals surface area contributed by atoms with E-state index in [0.717, 1.165) is 25.9 Å². The highest BCUT2D eigenvalue weighted by atomic mass is 16.6. The van der Waals surface area contributed by atoms with Crippen molar-refractivity contribution < 1.29 is 9.53 Å². The Kier molecular flexibility index (Phi) is 4.09. The van der Waals surface area contributed by atoms with Crippen molar-refractivity contribution in [3.63, 3.8) is 0 Å². The Morgan fingerprint density at radius 2 is 2.05 bits per heavy atom. The Bertz CT molecular complexity index is 330. The van der Waals surface area contributed by atoms with E-state index in [2.05, 4.69) is 12.2 Å². The quantitative estimate of drug-likeness (QED) is 0.795. The molecule has 0 aliphatic carbocycles. The van der Waals surface area contributed by atoms with Gasteiger partial charge in [-0.25, -0.2) is 4.79 Å². The van der Waals surface area contributed by atoms with Gasteiger partial charge in [-0.05, 0) is 59.4 Å². The molecule has 0 aromatic carbocycles. The van der Waals surface area contributed by atoms with Gasteiger partial charge >= 0.3 is 6.09 Å². The molecule has 1 amide bonds. The number of piperidine rings is 1. The molecular weight excluding hydrogens is 240 g/mol. The van der Waals surface area contributed by atoms with Crippen LogP contribution >= 0.6 is 0 Å². The topological polar surface area (TPSA) is 41.6 Å². The van der Waals surface area contributed by atoms with Crippen molar-refractivity contribution in [2.24, 2.45) is 0 Å². The van der Waals surface area contributed by atoms with Crippen LogP contribution in [0.25, 0.3) is 0 Å². The van der Waals surface area contributed by atoms with Gasteiger partial charge in [0.1, 0.15) is 5.60 Å². The Morgan fingerprint density at radius 1 is 1.37 bits per heavy atom. The molecule has 0 bridgehead atoms. The Balaban J connectivity index is 2.13. The zero-order valence-corrected chi connectivity index (χ0v) is 12.8. The highest BCUT2D eigenvalue weighted by Crippen LogP contribution is 2.37. The van der Waals surface area contributed by atoms with E-state index in [1.165, 1.54) is 19.3 Å². The number of likely N-dealkylation sites (tertiary alicyclic amines) is 1. The van der Waals surface area contributed by atoms with Gasteiger partial charge < -0.3 is 15.0 Å². The standard InChI is InChI=1S/C15H28N2O2/c1-5-12-15(8-6-10-16-15)9-7-11-17(12)13(18)19-14(2,3)4/h12,16H,5-11H2,1-4H3/t12-,15-/m1/s1. The summed E-state index contributed by atoms with van der Waals surface area (Å²) in [7, 11) is 0. The summed E-state index contributed by atoms with van der Waals surface area (Å²) >= 11 is 0. The second kappa shape index (κ2) is 5.31. The summed E-state index contributed by atoms with van der Waals surface area (Å²) in [4.78, 5) is 14.4. The molecule has 2 aliphatic rings. The lowest BCUT2D eigenvalue weighted by atomic mass is 9.79. The zero-order valence-electron chi connectivity index (χ0n) is 12.8. The monoisotopic (exact) mass is 268 g/mol. The summed E-state index contributed by atoms with van der Waals surface area (Å²) in [6, 6.07) is 0.276. The van der Waals surface area contributed by atoms with Crippen LogP contribution in [-0.2, 0) is 4.74 Å². The first-order chi connectivity index (χ1) is 8.88. The Labute approximate surface area is 116 Å². The number of nitrogens with zero attached hydrogens (tertiary/aromatic N) is 1. The van der Waals surface area contributed by atoms with Gasteiger partial charge in [0.2, 0.25) is 0 Å². The summed E-state index contributed by atoms with van der Waals surface area (Å²) in [5.41, 5.74) is -0.271. The van der Waals surface area contributed by atoms with Crippen LogP contribution < -0.4 is 5.32 Å². The molecule has 4 nitrogen and oxygen atoms in total. The molecule has 19 heavy (non-hydrogen) atoms. The normalized spacial score (nSPS) is 31.8. The first-order valence-electron chi connectivity index (χ1n) is 7.63. The van der Waals surface area contributed by atoms with Crippen molar-refractivity contribution in [3.8, 4) is 0 Å². The maximum absolute atomic E-state index is 12.4. The SMILES string of the molecule is CC[C@H]1N(C(=O)OC(C)(C)C)CCC[C@]12CCCN2. The molecule has 110 valence electrons. The number of rotatable bonds is 1. The minimum absolute atomic E-state index is 0.143. The van der Waals surface area contributed by atoms with Crippen molar-refractivity contribution in [1.82, 2.24) is 10.2 Å². The number of ether oxygens (including phenoxy) is 1. The van der Waals surface area contributed by atoms with E-state index in [4.69, 9.17) is 4.74 Å². The molecular formula is C15H28N2O2. The van der Waals surface area contributed by atoms with E-state index >= 15 is 0 Å². The molecule has 1 N–H and O–H groups in total. The summed E-state index contributed by atoms with van der Waals surface area (Å²) in [6.07, 6.45) is 5.51. The molecule has 2 rings (SSSR count). The third kappa shape index (κ3) is 3.04. The number of hydrogen-bond donors (Lipinski definition) is 1. The van der Waals surface area contributed by atoms with Gasteiger partial charge in [-0.1, -0.05) is 6.92 Å². The van der Waals surface area contributed by atoms with Gasteiger partial charge in [-0.3, -0.25) is 0 Å². The minimum atomic E-state index is -0.414. The van der Waals surface area contributed by atoms with E-state index in [0.29, 0.717) is 0 Å². The maximum atomic E-state index is 12.4. The molecule has 2 atom stereocenters. The van der Waals surface area contributed by atoms with Crippen LogP contribution in [0.4, 0.5) is 4.79 Å². The second-order valence-corrected chi connectivity index (χ2v) is 6.89. The van der Waals surface area contributed by atoms with Gasteiger partial charge in [-0.15, -0.1) is 0 Å². The molecule has 0 radical (unpaired) electrons. The number of amides is 1. The average molecular weight is 268 g/mol. The van der Waals surface area contributed by atoms with E-state index in [-0.39, 0.29) is 17.7 Å². The first-order valence-corrected chi connectivity index (χ1v) is 7.63. The van der Waals surface area contributed by atoms with Crippen LogP contribution in [-0.4, -0.2) is 41.3 Å². The largest absolute Gasteiger partial charge is 0.444 e. The molecule has 4 heteroatoms. The lowest BCUT2D eigenvalue weighted by molar-refractivity contribution is -0.00906. The van der Waals surface area contributed by atoms with Crippen molar-refractivity contribution in [2.75, 3.05) is 13.1 Å². The van der Waals surface area contributed by atoms with Crippen LogP contribution in [0.3, 0.4) is 0 Å². The summed E-state index contributed by atoms with van der Waals surface area (Å²) in [5, 5.41) is 3.67. The number of carbonyl (C=O) groups excluding carboxylic acids is 1. The predicted octanol–water partition coefficient (Wildman–Crippen LogP) is 2.92. The predicted molar refractivity (Wildman–Crippen MR) is 76.2 cm³/mol. The first kappa shape index (κ1) is 14.6. The van der Waals surface area contributed by atoms with E-state index in [1.807, 2.05) is 25.7 Å². The van der Waals surface area contributed by atoms with Crippen molar-refractivity contribution in [3.05, 3.63) is 0 Å². The van der Waals surface area contributed by atoms with Gasteiger partial charge in [0, 0.05) is 12.1 Å². The number of nitrogens with one attached hydrogen (secondary N) is 1. The van der Waals surface area contributed by atoms with Crippen LogP contribution in [0.2, 0.25) is 0 Å². The lowest BCUT2D eigenvalue weighted by Crippen LogP contribution is -2.63. The van der Waals surface area contributed by atoms with Crippen molar-refractivity contribution in [2.45, 2.75) is 77.0 Å². The number of carbonyl (C=O) groups is 1. The second-order valence-electron chi connectivity index (χ2n) is 6.89. The molecule has 2 saturated heterocycles. The van der Waals surface area contributed by atoms with Gasteiger partial charge in [0.25, 0.3) is 0 Å². The van der Waals surface area contributed by atoms with Gasteiger partial charge in [0.15, 0.2) is 0 Å². The minimum Gasteiger partial charge on any atom is -0.444 e. The van der Waals surface area contributed by atoms with Crippen LogP contribution in [0.15, 0.2) is 0 Å². The fourth-order valence-electron chi connectivity index (χ4n) is 3.66. The summed E-state index contributed by atoms with van der Waals surface area (Å²) in [6.45, 7) is 9.88. The molecule has 0 unspecified atom stereocenters. The van der Waals surface area contributed by atoms with E-state index < -0.39 is 5.60 Å². The molecule has 0 saturated carbocycles. The van der Waals surface area contributed by atoms with Crippen LogP contribution in [0, 0.1) is 0 Å². The highest BCUT2D eigenvalue weighted by molar-refractivity contribution is 5.69. The van der Waals surface area contributed by atoms with Crippen LogP contribution in [0.5, 0.6) is 0 Å². The molecule has 2 heterocycles. The zero-order chi connectivity index (χ0) is 14.1. The molecule has 0 aromatic rings. The Morgan fingerprint density at radius 3 is 2.58 bits per heavy atom. The molecule has 2 fully saturated rings. The van der Waals surface area contributed by atoms with Crippen molar-refractivity contribution in [1.29, 1.82) is 0 Å². The smallest absolute Gasteiger partial charge is 0.410 e. The highest BCUT2D eigenvalue weighted by Gasteiger charge is 2.47. The van der Waals surface area contributed by atoms with E-state index in [1.54, 1.807) is 0 Å². The maximum Gasteiger partial charge on any atom is 0.410 e. The summed E-state index contributed by atoms with van der Waals surface area (Å²) in [5.74, 6) is 0. The summed E-state index contributed by atoms with van der Waals surface area (Å²) < 4.78 is 5.57. The molecule has 0 aromatic heterocycles. The lowest BCUT2D eigenvalue weighted by Gasteiger charge is -2.48. The molecule has 1 spiro atoms. The molecule has 2 aliphatic heterocycles. The van der Waals surface area contributed by atoms with Crippen LogP contribution in [0.1, 0.15) is 59.8 Å². The number of hydrogen-bond acceptors (Lipinski definition) is 3. The fourth-order valence-corrected chi connectivity index (χ4v) is 3.66. The van der Waals surface area contributed by atoms with Crippen molar-refractivity contribution >= 4 is 6.09 Å². The Hall–Kier alpha value is -0.770. The third-order valence-electron chi connectivity index (χ3n) is 4.33. The fraction of sp³-hybridized carbons (Fsp3) is 0.933. The van der Waals surface area contributed by atoms with Gasteiger partial charge in [0.05, 0.1) is 6.04 Å².